The Morgan fingerprint density at radius 2 is 1.83 bits per heavy atom. The molecule has 1 aromatic carbocycles. The van der Waals surface area contributed by atoms with Gasteiger partial charge in [-0.05, 0) is 35.7 Å². The van der Waals surface area contributed by atoms with Crippen molar-refractivity contribution in [3.05, 3.63) is 36.5 Å². The van der Waals surface area contributed by atoms with E-state index in [0.717, 1.165) is 5.56 Å². The first-order chi connectivity index (χ1) is 10.8. The molecule has 0 radical (unpaired) electrons. The molecule has 122 valence electrons. The van der Waals surface area contributed by atoms with Gasteiger partial charge >= 0.3 is 6.03 Å². The highest BCUT2D eigenvalue weighted by molar-refractivity contribution is 5.88. The van der Waals surface area contributed by atoms with Crippen molar-refractivity contribution in [2.75, 3.05) is 18.9 Å². The molecule has 3 N–H and O–H groups in total. The number of urea groups is 1. The summed E-state index contributed by atoms with van der Waals surface area (Å²) in [7, 11) is 1.74. The lowest BCUT2D eigenvalue weighted by molar-refractivity contribution is 0.217. The zero-order valence-electron chi connectivity index (χ0n) is 13.4. The van der Waals surface area contributed by atoms with E-state index in [-0.39, 0.29) is 17.5 Å². The highest BCUT2D eigenvalue weighted by Crippen LogP contribution is 2.28. The van der Waals surface area contributed by atoms with Crippen molar-refractivity contribution in [3.8, 4) is 22.6 Å². The van der Waals surface area contributed by atoms with Crippen LogP contribution in [0.1, 0.15) is 13.8 Å². The van der Waals surface area contributed by atoms with Crippen molar-refractivity contribution in [2.24, 2.45) is 5.92 Å². The second-order valence-electron chi connectivity index (χ2n) is 5.87. The van der Waals surface area contributed by atoms with Crippen LogP contribution in [0.2, 0.25) is 0 Å². The molecule has 2 aromatic rings. The van der Waals surface area contributed by atoms with Gasteiger partial charge in [0.15, 0.2) is 0 Å². The van der Waals surface area contributed by atoms with E-state index in [9.17, 15) is 15.0 Å². The predicted octanol–water partition coefficient (Wildman–Crippen LogP) is 3.28. The summed E-state index contributed by atoms with van der Waals surface area (Å²) in [5.74, 6) is 0.790. The van der Waals surface area contributed by atoms with E-state index < -0.39 is 0 Å². The van der Waals surface area contributed by atoms with Crippen LogP contribution in [-0.2, 0) is 0 Å². The molecule has 23 heavy (non-hydrogen) atoms. The van der Waals surface area contributed by atoms with E-state index >= 15 is 0 Å². The fraction of sp³-hybridized carbons (Fsp3) is 0.294. The molecule has 0 atom stereocenters. The molecule has 6 nitrogen and oxygen atoms in total. The van der Waals surface area contributed by atoms with Gasteiger partial charge in [0, 0.05) is 31.4 Å². The topological polar surface area (TPSA) is 85.7 Å². The fourth-order valence-electron chi connectivity index (χ4n) is 2.24. The van der Waals surface area contributed by atoms with Gasteiger partial charge in [0.1, 0.15) is 17.3 Å². The van der Waals surface area contributed by atoms with E-state index in [1.165, 1.54) is 18.2 Å². The number of rotatable bonds is 4. The van der Waals surface area contributed by atoms with Crippen LogP contribution in [-0.4, -0.2) is 39.7 Å². The Kier molecular flexibility index (Phi) is 5.05. The van der Waals surface area contributed by atoms with Crippen LogP contribution in [0.5, 0.6) is 11.5 Å². The van der Waals surface area contributed by atoms with Gasteiger partial charge in [-0.3, -0.25) is 5.32 Å². The van der Waals surface area contributed by atoms with Crippen LogP contribution in [0.4, 0.5) is 10.6 Å². The summed E-state index contributed by atoms with van der Waals surface area (Å²) in [4.78, 5) is 17.8. The first-order valence-electron chi connectivity index (χ1n) is 7.36. The maximum Gasteiger partial charge on any atom is 0.322 e. The standard InChI is InChI=1S/C17H21N3O3/c1-11(2)10-20(3)17(23)19-16-5-4-12(9-18-16)13-6-14(21)8-15(22)7-13/h4-9,11,21-22H,10H2,1-3H3,(H,18,19,23). The van der Waals surface area contributed by atoms with Crippen LogP contribution < -0.4 is 5.32 Å². The highest BCUT2D eigenvalue weighted by atomic mass is 16.3. The molecule has 0 saturated carbocycles. The normalized spacial score (nSPS) is 10.6. The Morgan fingerprint density at radius 1 is 1.17 bits per heavy atom. The molecule has 1 aromatic heterocycles. The summed E-state index contributed by atoms with van der Waals surface area (Å²) < 4.78 is 0. The summed E-state index contributed by atoms with van der Waals surface area (Å²) in [6.07, 6.45) is 1.58. The number of benzene rings is 1. The van der Waals surface area contributed by atoms with Gasteiger partial charge in [-0.1, -0.05) is 13.8 Å². The lowest BCUT2D eigenvalue weighted by Crippen LogP contribution is -2.34. The van der Waals surface area contributed by atoms with E-state index in [2.05, 4.69) is 10.3 Å². The second-order valence-corrected chi connectivity index (χ2v) is 5.87. The van der Waals surface area contributed by atoms with E-state index in [0.29, 0.717) is 23.8 Å². The Hall–Kier alpha value is -2.76. The second kappa shape index (κ2) is 7.00. The third kappa shape index (κ3) is 4.60. The lowest BCUT2D eigenvalue weighted by atomic mass is 10.1. The number of hydrogen-bond acceptors (Lipinski definition) is 4. The number of phenolic OH excluding ortho intramolecular Hbond substituents is 2. The molecule has 0 aliphatic rings. The molecule has 2 amide bonds. The number of pyridine rings is 1. The number of phenols is 2. The van der Waals surface area contributed by atoms with Gasteiger partial charge in [0.2, 0.25) is 0 Å². The lowest BCUT2D eigenvalue weighted by Gasteiger charge is -2.19. The van der Waals surface area contributed by atoms with Crippen molar-refractivity contribution in [1.29, 1.82) is 0 Å². The minimum atomic E-state index is -0.214. The van der Waals surface area contributed by atoms with Crippen LogP contribution in [0.3, 0.4) is 0 Å². The fourth-order valence-corrected chi connectivity index (χ4v) is 2.24. The quantitative estimate of drug-likeness (QED) is 0.808. The first kappa shape index (κ1) is 16.6. The summed E-state index contributed by atoms with van der Waals surface area (Å²) in [5, 5.41) is 21.8. The number of anilines is 1. The van der Waals surface area contributed by atoms with Crippen molar-refractivity contribution in [2.45, 2.75) is 13.8 Å². The summed E-state index contributed by atoms with van der Waals surface area (Å²) in [5.41, 5.74) is 1.37. The van der Waals surface area contributed by atoms with Crippen LogP contribution in [0.15, 0.2) is 36.5 Å². The van der Waals surface area contributed by atoms with E-state index in [1.54, 1.807) is 30.3 Å². The molecule has 0 unspecified atom stereocenters. The Bertz CT molecular complexity index is 664. The number of aromatic hydroxyl groups is 2. The number of carbonyl (C=O) groups excluding carboxylic acids is 1. The number of amides is 2. The molecule has 0 aliphatic heterocycles. The van der Waals surface area contributed by atoms with Crippen LogP contribution in [0.25, 0.3) is 11.1 Å². The molecular formula is C17H21N3O3. The average molecular weight is 315 g/mol. The number of aromatic nitrogens is 1. The number of hydrogen-bond donors (Lipinski definition) is 3. The maximum absolute atomic E-state index is 12.0. The third-order valence-electron chi connectivity index (χ3n) is 3.22. The van der Waals surface area contributed by atoms with Gasteiger partial charge in [-0.2, -0.15) is 0 Å². The van der Waals surface area contributed by atoms with Gasteiger partial charge in [0.05, 0.1) is 0 Å². The summed E-state index contributed by atoms with van der Waals surface area (Å²) in [6, 6.07) is 7.55. The molecule has 0 bridgehead atoms. The molecule has 2 rings (SSSR count). The predicted molar refractivity (Wildman–Crippen MR) is 89.5 cm³/mol. The monoisotopic (exact) mass is 315 g/mol. The van der Waals surface area contributed by atoms with Crippen molar-refractivity contribution in [3.63, 3.8) is 0 Å². The summed E-state index contributed by atoms with van der Waals surface area (Å²) >= 11 is 0. The molecule has 0 saturated heterocycles. The van der Waals surface area contributed by atoms with Crippen LogP contribution in [0, 0.1) is 5.92 Å². The Labute approximate surface area is 135 Å². The molecular weight excluding hydrogens is 294 g/mol. The van der Waals surface area contributed by atoms with Crippen molar-refractivity contribution < 1.29 is 15.0 Å². The highest BCUT2D eigenvalue weighted by Gasteiger charge is 2.11. The van der Waals surface area contributed by atoms with Crippen LogP contribution >= 0.6 is 0 Å². The van der Waals surface area contributed by atoms with Gasteiger partial charge in [0.25, 0.3) is 0 Å². The van der Waals surface area contributed by atoms with Gasteiger partial charge in [-0.25, -0.2) is 9.78 Å². The van der Waals surface area contributed by atoms with E-state index in [4.69, 9.17) is 0 Å². The Morgan fingerprint density at radius 3 is 2.35 bits per heavy atom. The molecule has 0 fully saturated rings. The SMILES string of the molecule is CC(C)CN(C)C(=O)Nc1ccc(-c2cc(O)cc(O)c2)cn1. The maximum atomic E-state index is 12.0. The summed E-state index contributed by atoms with van der Waals surface area (Å²) in [6.45, 7) is 4.75. The number of nitrogens with zero attached hydrogens (tertiary/aromatic N) is 2. The van der Waals surface area contributed by atoms with Gasteiger partial charge in [-0.15, -0.1) is 0 Å². The average Bonchev–Trinajstić information content (AvgIpc) is 2.46. The number of carbonyl (C=O) groups is 1. The molecule has 0 aliphatic carbocycles. The van der Waals surface area contributed by atoms with E-state index in [1.807, 2.05) is 13.8 Å². The largest absolute Gasteiger partial charge is 0.508 e. The Balaban J connectivity index is 2.09. The molecule has 0 spiro atoms. The minimum Gasteiger partial charge on any atom is -0.508 e. The smallest absolute Gasteiger partial charge is 0.322 e. The number of nitrogens with one attached hydrogen (secondary N) is 1. The third-order valence-corrected chi connectivity index (χ3v) is 3.22. The molecule has 1 heterocycles. The van der Waals surface area contributed by atoms with Crippen molar-refractivity contribution in [1.82, 2.24) is 9.88 Å². The van der Waals surface area contributed by atoms with Gasteiger partial charge < -0.3 is 15.1 Å². The first-order valence-corrected chi connectivity index (χ1v) is 7.36. The molecule has 6 heteroatoms. The zero-order valence-corrected chi connectivity index (χ0v) is 13.4. The minimum absolute atomic E-state index is 0.0207. The zero-order chi connectivity index (χ0) is 17.0. The van der Waals surface area contributed by atoms with Crippen molar-refractivity contribution >= 4 is 11.8 Å².